The highest BCUT2D eigenvalue weighted by Gasteiger charge is 2.37. The van der Waals surface area contributed by atoms with Gasteiger partial charge in [0.1, 0.15) is 5.54 Å². The maximum atomic E-state index is 11.9. The summed E-state index contributed by atoms with van der Waals surface area (Å²) in [6, 6.07) is 1.43. The molecule has 6 heteroatoms. The first-order chi connectivity index (χ1) is 7.28. The standard InChI is InChI=1S/C10H12ClNO4/c1-10(2,9(14)15)12(3)8(13)7-6(11)4-5-16-7/h4-5H,1-3H3,(H,14,15). The van der Waals surface area contributed by atoms with Crippen LogP contribution in [0.1, 0.15) is 24.4 Å². The minimum Gasteiger partial charge on any atom is -0.480 e. The van der Waals surface area contributed by atoms with Gasteiger partial charge in [0, 0.05) is 7.05 Å². The number of hydrogen-bond donors (Lipinski definition) is 1. The van der Waals surface area contributed by atoms with E-state index in [1.54, 1.807) is 0 Å². The number of carbonyl (C=O) groups excluding carboxylic acids is 1. The Balaban J connectivity index is 3.00. The normalized spacial score (nSPS) is 11.2. The summed E-state index contributed by atoms with van der Waals surface area (Å²) in [6.45, 7) is 2.84. The topological polar surface area (TPSA) is 70.8 Å². The molecule has 0 spiro atoms. The first kappa shape index (κ1) is 12.6. The minimum atomic E-state index is -1.33. The fourth-order valence-electron chi connectivity index (χ4n) is 0.996. The van der Waals surface area contributed by atoms with Gasteiger partial charge in [-0.2, -0.15) is 0 Å². The van der Waals surface area contributed by atoms with Crippen molar-refractivity contribution < 1.29 is 19.1 Å². The number of hydrogen-bond acceptors (Lipinski definition) is 3. The van der Waals surface area contributed by atoms with Crippen LogP contribution in [0.2, 0.25) is 5.02 Å². The molecule has 1 rings (SSSR count). The van der Waals surface area contributed by atoms with Crippen LogP contribution in [0, 0.1) is 0 Å². The first-order valence-electron chi connectivity index (χ1n) is 4.53. The Morgan fingerprint density at radius 1 is 1.50 bits per heavy atom. The number of carbonyl (C=O) groups is 2. The molecular weight excluding hydrogens is 234 g/mol. The summed E-state index contributed by atoms with van der Waals surface area (Å²) in [5, 5.41) is 9.13. The molecule has 0 bridgehead atoms. The van der Waals surface area contributed by atoms with Crippen molar-refractivity contribution in [3.8, 4) is 0 Å². The Hall–Kier alpha value is -1.49. The Morgan fingerprint density at radius 3 is 2.44 bits per heavy atom. The molecule has 1 aromatic heterocycles. The summed E-state index contributed by atoms with van der Waals surface area (Å²) in [7, 11) is 1.38. The number of furan rings is 1. The molecule has 88 valence electrons. The summed E-state index contributed by atoms with van der Waals surface area (Å²) in [4.78, 5) is 23.9. The lowest BCUT2D eigenvalue weighted by atomic mass is 10.0. The number of aliphatic carboxylic acids is 1. The molecular formula is C10H12ClNO4. The maximum Gasteiger partial charge on any atom is 0.329 e. The molecule has 1 aromatic rings. The van der Waals surface area contributed by atoms with E-state index >= 15 is 0 Å². The number of amides is 1. The molecule has 0 saturated heterocycles. The minimum absolute atomic E-state index is 0.0570. The average Bonchev–Trinajstić information content (AvgIpc) is 2.61. The molecule has 1 amide bonds. The smallest absolute Gasteiger partial charge is 0.329 e. The van der Waals surface area contributed by atoms with E-state index in [-0.39, 0.29) is 10.8 Å². The van der Waals surface area contributed by atoms with E-state index in [4.69, 9.17) is 21.1 Å². The van der Waals surface area contributed by atoms with Crippen molar-refractivity contribution in [3.63, 3.8) is 0 Å². The number of nitrogens with zero attached hydrogens (tertiary/aromatic N) is 1. The van der Waals surface area contributed by atoms with Gasteiger partial charge in [-0.15, -0.1) is 0 Å². The van der Waals surface area contributed by atoms with Crippen molar-refractivity contribution >= 4 is 23.5 Å². The zero-order chi connectivity index (χ0) is 12.5. The molecule has 0 fully saturated rings. The van der Waals surface area contributed by atoms with Crippen LogP contribution in [0.3, 0.4) is 0 Å². The van der Waals surface area contributed by atoms with Gasteiger partial charge in [-0.25, -0.2) is 4.79 Å². The van der Waals surface area contributed by atoms with Gasteiger partial charge in [-0.1, -0.05) is 11.6 Å². The highest BCUT2D eigenvalue weighted by Crippen LogP contribution is 2.22. The second kappa shape index (κ2) is 4.17. The van der Waals surface area contributed by atoms with Gasteiger partial charge in [-0.3, -0.25) is 4.79 Å². The average molecular weight is 246 g/mol. The zero-order valence-electron chi connectivity index (χ0n) is 9.15. The van der Waals surface area contributed by atoms with Crippen molar-refractivity contribution in [3.05, 3.63) is 23.1 Å². The fraction of sp³-hybridized carbons (Fsp3) is 0.400. The van der Waals surface area contributed by atoms with Gasteiger partial charge in [0.25, 0.3) is 5.91 Å². The second-order valence-electron chi connectivity index (χ2n) is 3.83. The monoisotopic (exact) mass is 245 g/mol. The van der Waals surface area contributed by atoms with Crippen LogP contribution in [0.5, 0.6) is 0 Å². The Morgan fingerprint density at radius 2 is 2.06 bits per heavy atom. The molecule has 0 aliphatic carbocycles. The predicted molar refractivity (Wildman–Crippen MR) is 57.5 cm³/mol. The summed E-state index contributed by atoms with van der Waals surface area (Å²) >= 11 is 5.72. The summed E-state index contributed by atoms with van der Waals surface area (Å²) in [6.07, 6.45) is 1.27. The highest BCUT2D eigenvalue weighted by molar-refractivity contribution is 6.33. The van der Waals surface area contributed by atoms with Crippen molar-refractivity contribution in [2.24, 2.45) is 0 Å². The summed E-state index contributed by atoms with van der Waals surface area (Å²) < 4.78 is 4.91. The first-order valence-corrected chi connectivity index (χ1v) is 4.91. The van der Waals surface area contributed by atoms with E-state index < -0.39 is 17.4 Å². The third-order valence-electron chi connectivity index (χ3n) is 2.48. The van der Waals surface area contributed by atoms with Gasteiger partial charge < -0.3 is 14.4 Å². The molecule has 0 aliphatic rings. The van der Waals surface area contributed by atoms with E-state index in [1.807, 2.05) is 0 Å². The van der Waals surface area contributed by atoms with Gasteiger partial charge in [0.05, 0.1) is 11.3 Å². The molecule has 0 unspecified atom stereocenters. The predicted octanol–water partition coefficient (Wildman–Crippen LogP) is 1.87. The zero-order valence-corrected chi connectivity index (χ0v) is 9.91. The molecule has 1 N–H and O–H groups in total. The molecule has 0 aromatic carbocycles. The van der Waals surface area contributed by atoms with E-state index in [1.165, 1.54) is 33.2 Å². The second-order valence-corrected chi connectivity index (χ2v) is 4.23. The lowest BCUT2D eigenvalue weighted by Crippen LogP contribution is -2.50. The summed E-state index contributed by atoms with van der Waals surface area (Å²) in [5.41, 5.74) is -1.33. The molecule has 0 atom stereocenters. The number of carboxylic acids is 1. The van der Waals surface area contributed by atoms with Crippen molar-refractivity contribution in [2.75, 3.05) is 7.05 Å². The van der Waals surface area contributed by atoms with Crippen LogP contribution in [0.4, 0.5) is 0 Å². The van der Waals surface area contributed by atoms with E-state index in [9.17, 15) is 9.59 Å². The van der Waals surface area contributed by atoms with Crippen molar-refractivity contribution in [1.82, 2.24) is 4.90 Å². The van der Waals surface area contributed by atoms with Gasteiger partial charge >= 0.3 is 5.97 Å². The molecule has 1 heterocycles. The van der Waals surface area contributed by atoms with Crippen LogP contribution < -0.4 is 0 Å². The Bertz CT molecular complexity index is 424. The molecule has 5 nitrogen and oxygen atoms in total. The van der Waals surface area contributed by atoms with Crippen LogP contribution in [-0.2, 0) is 4.79 Å². The largest absolute Gasteiger partial charge is 0.480 e. The fourth-order valence-corrected chi connectivity index (χ4v) is 1.17. The highest BCUT2D eigenvalue weighted by atomic mass is 35.5. The Kier molecular flexibility index (Phi) is 3.28. The Labute approximate surface area is 97.6 Å². The molecule has 0 aliphatic heterocycles. The molecule has 0 radical (unpaired) electrons. The van der Waals surface area contributed by atoms with Gasteiger partial charge in [0.2, 0.25) is 5.76 Å². The quantitative estimate of drug-likeness (QED) is 0.883. The van der Waals surface area contributed by atoms with Crippen LogP contribution in [0.25, 0.3) is 0 Å². The van der Waals surface area contributed by atoms with Crippen molar-refractivity contribution in [2.45, 2.75) is 19.4 Å². The van der Waals surface area contributed by atoms with Gasteiger partial charge in [0.15, 0.2) is 0 Å². The number of likely N-dealkylation sites (N-methyl/N-ethyl adjacent to an activating group) is 1. The van der Waals surface area contributed by atoms with Gasteiger partial charge in [-0.05, 0) is 19.9 Å². The van der Waals surface area contributed by atoms with E-state index in [0.717, 1.165) is 4.90 Å². The SMILES string of the molecule is CN(C(=O)c1occc1Cl)C(C)(C)C(=O)O. The van der Waals surface area contributed by atoms with Crippen LogP contribution in [-0.4, -0.2) is 34.5 Å². The lowest BCUT2D eigenvalue weighted by Gasteiger charge is -2.30. The van der Waals surface area contributed by atoms with E-state index in [0.29, 0.717) is 0 Å². The van der Waals surface area contributed by atoms with Crippen LogP contribution >= 0.6 is 11.6 Å². The number of rotatable bonds is 3. The lowest BCUT2D eigenvalue weighted by molar-refractivity contribution is -0.147. The van der Waals surface area contributed by atoms with Crippen LogP contribution in [0.15, 0.2) is 16.7 Å². The number of carboxylic acid groups (broad SMARTS) is 1. The third kappa shape index (κ3) is 2.04. The van der Waals surface area contributed by atoms with E-state index in [2.05, 4.69) is 0 Å². The molecule has 0 saturated carbocycles. The van der Waals surface area contributed by atoms with Crippen molar-refractivity contribution in [1.29, 1.82) is 0 Å². The third-order valence-corrected chi connectivity index (χ3v) is 2.78. The summed E-state index contributed by atoms with van der Waals surface area (Å²) in [5.74, 6) is -1.73. The number of halogens is 1. The molecule has 16 heavy (non-hydrogen) atoms. The maximum absolute atomic E-state index is 11.9.